The van der Waals surface area contributed by atoms with Crippen molar-refractivity contribution >= 4 is 34.7 Å². The minimum Gasteiger partial charge on any atom is -0.495 e. The summed E-state index contributed by atoms with van der Waals surface area (Å²) >= 11 is 6.03. The van der Waals surface area contributed by atoms with Crippen molar-refractivity contribution < 1.29 is 9.53 Å². The summed E-state index contributed by atoms with van der Waals surface area (Å²) in [5.74, 6) is 1.16. The number of aryl methyl sites for hydroxylation is 2. The van der Waals surface area contributed by atoms with Crippen LogP contribution in [-0.2, 0) is 0 Å². The van der Waals surface area contributed by atoms with E-state index in [0.29, 0.717) is 28.1 Å². The van der Waals surface area contributed by atoms with Crippen molar-refractivity contribution in [1.29, 1.82) is 0 Å². The standard InChI is InChI=1S/C21H21ClN4O2/c1-12-6-5-7-16(13(12)2)25-20-11-18(23-14(3)24-20)21(27)26-17-10-15(22)8-9-19(17)28-4/h5-11H,1-4H3,(H,26,27)(H,23,24,25). The molecule has 0 aliphatic carbocycles. The van der Waals surface area contributed by atoms with E-state index in [-0.39, 0.29) is 11.6 Å². The average molecular weight is 397 g/mol. The van der Waals surface area contributed by atoms with Gasteiger partial charge in [-0.25, -0.2) is 9.97 Å². The molecule has 0 fully saturated rings. The largest absolute Gasteiger partial charge is 0.495 e. The van der Waals surface area contributed by atoms with E-state index < -0.39 is 0 Å². The van der Waals surface area contributed by atoms with Crippen LogP contribution in [0.25, 0.3) is 0 Å². The molecular weight excluding hydrogens is 376 g/mol. The van der Waals surface area contributed by atoms with Gasteiger partial charge in [0.1, 0.15) is 23.1 Å². The van der Waals surface area contributed by atoms with Crippen molar-refractivity contribution in [2.75, 3.05) is 17.7 Å². The third kappa shape index (κ3) is 4.40. The number of rotatable bonds is 5. The molecule has 144 valence electrons. The molecule has 0 aliphatic heterocycles. The van der Waals surface area contributed by atoms with Crippen LogP contribution in [0.15, 0.2) is 42.5 Å². The predicted octanol–water partition coefficient (Wildman–Crippen LogP) is 5.06. The van der Waals surface area contributed by atoms with E-state index in [1.54, 1.807) is 31.2 Å². The van der Waals surface area contributed by atoms with Crippen LogP contribution in [0.3, 0.4) is 0 Å². The fraction of sp³-hybridized carbons (Fsp3) is 0.190. The van der Waals surface area contributed by atoms with Crippen molar-refractivity contribution in [3.05, 3.63) is 70.1 Å². The van der Waals surface area contributed by atoms with Crippen LogP contribution in [0.4, 0.5) is 17.2 Å². The maximum atomic E-state index is 12.7. The number of ether oxygens (including phenoxy) is 1. The van der Waals surface area contributed by atoms with Gasteiger partial charge in [-0.05, 0) is 56.2 Å². The second-order valence-corrected chi connectivity index (χ2v) is 6.79. The molecule has 0 bridgehead atoms. The molecule has 2 aromatic carbocycles. The van der Waals surface area contributed by atoms with Crippen LogP contribution in [0.1, 0.15) is 27.4 Å². The van der Waals surface area contributed by atoms with E-state index in [1.807, 2.05) is 32.0 Å². The Kier molecular flexibility index (Phi) is 5.80. The molecule has 0 atom stereocenters. The van der Waals surface area contributed by atoms with Gasteiger partial charge in [-0.2, -0.15) is 0 Å². The number of hydrogen-bond donors (Lipinski definition) is 2. The monoisotopic (exact) mass is 396 g/mol. The third-order valence-electron chi connectivity index (χ3n) is 4.35. The highest BCUT2D eigenvalue weighted by molar-refractivity contribution is 6.31. The summed E-state index contributed by atoms with van der Waals surface area (Å²) in [5, 5.41) is 6.55. The van der Waals surface area contributed by atoms with Gasteiger partial charge in [-0.15, -0.1) is 0 Å². The zero-order chi connectivity index (χ0) is 20.3. The van der Waals surface area contributed by atoms with Gasteiger partial charge in [0.25, 0.3) is 5.91 Å². The summed E-state index contributed by atoms with van der Waals surface area (Å²) in [6.45, 7) is 5.82. The van der Waals surface area contributed by atoms with Crippen LogP contribution >= 0.6 is 11.6 Å². The van der Waals surface area contributed by atoms with Crippen molar-refractivity contribution in [3.63, 3.8) is 0 Å². The molecule has 1 heterocycles. The van der Waals surface area contributed by atoms with Crippen LogP contribution in [0, 0.1) is 20.8 Å². The Morgan fingerprint density at radius 2 is 1.82 bits per heavy atom. The molecule has 1 aromatic heterocycles. The summed E-state index contributed by atoms with van der Waals surface area (Å²) in [5.41, 5.74) is 3.93. The molecule has 0 spiro atoms. The van der Waals surface area contributed by atoms with Crippen molar-refractivity contribution in [2.45, 2.75) is 20.8 Å². The lowest BCUT2D eigenvalue weighted by molar-refractivity contribution is 0.102. The molecule has 0 unspecified atom stereocenters. The predicted molar refractivity (Wildman–Crippen MR) is 112 cm³/mol. The first kappa shape index (κ1) is 19.6. The van der Waals surface area contributed by atoms with E-state index in [0.717, 1.165) is 11.3 Å². The number of hydrogen-bond acceptors (Lipinski definition) is 5. The number of anilines is 3. The van der Waals surface area contributed by atoms with Crippen LogP contribution < -0.4 is 15.4 Å². The normalized spacial score (nSPS) is 10.5. The highest BCUT2D eigenvalue weighted by Gasteiger charge is 2.14. The summed E-state index contributed by atoms with van der Waals surface area (Å²) in [6, 6.07) is 12.6. The van der Waals surface area contributed by atoms with E-state index >= 15 is 0 Å². The van der Waals surface area contributed by atoms with E-state index in [9.17, 15) is 4.79 Å². The Labute approximate surface area is 168 Å². The van der Waals surface area contributed by atoms with Crippen LogP contribution in [-0.4, -0.2) is 23.0 Å². The molecule has 7 heteroatoms. The lowest BCUT2D eigenvalue weighted by Crippen LogP contribution is -2.16. The summed E-state index contributed by atoms with van der Waals surface area (Å²) in [4.78, 5) is 21.4. The lowest BCUT2D eigenvalue weighted by Gasteiger charge is -2.13. The molecule has 3 aromatic rings. The molecule has 1 amide bonds. The molecule has 6 nitrogen and oxygen atoms in total. The molecule has 0 saturated heterocycles. The number of halogens is 1. The number of methoxy groups -OCH3 is 1. The maximum absolute atomic E-state index is 12.7. The van der Waals surface area contributed by atoms with Crippen LogP contribution in [0.5, 0.6) is 5.75 Å². The number of carbonyl (C=O) groups is 1. The van der Waals surface area contributed by atoms with Gasteiger partial charge in [-0.3, -0.25) is 4.79 Å². The first-order valence-electron chi connectivity index (χ1n) is 8.71. The first-order valence-corrected chi connectivity index (χ1v) is 9.09. The minimum atomic E-state index is -0.380. The lowest BCUT2D eigenvalue weighted by atomic mass is 10.1. The molecule has 0 aliphatic rings. The Balaban J connectivity index is 1.88. The fourth-order valence-electron chi connectivity index (χ4n) is 2.74. The van der Waals surface area contributed by atoms with Gasteiger partial charge in [0.05, 0.1) is 12.8 Å². The van der Waals surface area contributed by atoms with Gasteiger partial charge >= 0.3 is 0 Å². The number of nitrogens with zero attached hydrogens (tertiary/aromatic N) is 2. The first-order chi connectivity index (χ1) is 13.4. The van der Waals surface area contributed by atoms with E-state index in [2.05, 4.69) is 20.6 Å². The number of carbonyl (C=O) groups excluding carboxylic acids is 1. The van der Waals surface area contributed by atoms with Crippen molar-refractivity contribution in [3.8, 4) is 5.75 Å². The zero-order valence-corrected chi connectivity index (χ0v) is 16.9. The Morgan fingerprint density at radius 1 is 1.04 bits per heavy atom. The second kappa shape index (κ2) is 8.27. The summed E-state index contributed by atoms with van der Waals surface area (Å²) < 4.78 is 5.27. The van der Waals surface area contributed by atoms with Gasteiger partial charge in [0.15, 0.2) is 0 Å². The number of aromatic nitrogens is 2. The minimum absolute atomic E-state index is 0.238. The zero-order valence-electron chi connectivity index (χ0n) is 16.1. The number of benzene rings is 2. The smallest absolute Gasteiger partial charge is 0.274 e. The fourth-order valence-corrected chi connectivity index (χ4v) is 2.91. The highest BCUT2D eigenvalue weighted by atomic mass is 35.5. The van der Waals surface area contributed by atoms with Gasteiger partial charge in [0, 0.05) is 16.8 Å². The van der Waals surface area contributed by atoms with E-state index in [4.69, 9.17) is 16.3 Å². The molecule has 0 saturated carbocycles. The summed E-state index contributed by atoms with van der Waals surface area (Å²) in [6.07, 6.45) is 0. The number of amides is 1. The topological polar surface area (TPSA) is 76.1 Å². The van der Waals surface area contributed by atoms with Gasteiger partial charge < -0.3 is 15.4 Å². The SMILES string of the molecule is COc1ccc(Cl)cc1NC(=O)c1cc(Nc2cccc(C)c2C)nc(C)n1. The quantitative estimate of drug-likeness (QED) is 0.630. The summed E-state index contributed by atoms with van der Waals surface area (Å²) in [7, 11) is 1.53. The van der Waals surface area contributed by atoms with Gasteiger partial charge in [-0.1, -0.05) is 23.7 Å². The van der Waals surface area contributed by atoms with Crippen molar-refractivity contribution in [2.24, 2.45) is 0 Å². The highest BCUT2D eigenvalue weighted by Crippen LogP contribution is 2.28. The Bertz CT molecular complexity index is 1040. The van der Waals surface area contributed by atoms with Crippen LogP contribution in [0.2, 0.25) is 5.02 Å². The Morgan fingerprint density at radius 3 is 2.57 bits per heavy atom. The second-order valence-electron chi connectivity index (χ2n) is 6.36. The average Bonchev–Trinajstić information content (AvgIpc) is 2.65. The maximum Gasteiger partial charge on any atom is 0.274 e. The Hall–Kier alpha value is -3.12. The van der Waals surface area contributed by atoms with E-state index in [1.165, 1.54) is 12.7 Å². The molecular formula is C21H21ClN4O2. The molecule has 3 rings (SSSR count). The number of nitrogens with one attached hydrogen (secondary N) is 2. The van der Waals surface area contributed by atoms with Gasteiger partial charge in [0.2, 0.25) is 0 Å². The van der Waals surface area contributed by atoms with Crippen molar-refractivity contribution in [1.82, 2.24) is 9.97 Å². The molecule has 0 radical (unpaired) electrons. The molecule has 2 N–H and O–H groups in total. The third-order valence-corrected chi connectivity index (χ3v) is 4.58. The molecule has 28 heavy (non-hydrogen) atoms.